The number of halogens is 1. The lowest BCUT2D eigenvalue weighted by atomic mass is 10.3. The molecule has 1 N–H and O–H groups in total. The van der Waals surface area contributed by atoms with Gasteiger partial charge < -0.3 is 9.72 Å². The van der Waals surface area contributed by atoms with Crippen molar-refractivity contribution >= 4 is 22.6 Å². The maximum Gasteiger partial charge on any atom is 0.331 e. The number of hydrogen-bond donors (Lipinski definition) is 1. The Balaban J connectivity index is 2.27. The summed E-state index contributed by atoms with van der Waals surface area (Å²) in [5.74, 6) is 0.733. The molecule has 0 amide bonds. The minimum absolute atomic E-state index is 0.255. The lowest BCUT2D eigenvalue weighted by Gasteiger charge is -2.04. The minimum atomic E-state index is -0.255. The fourth-order valence-corrected chi connectivity index (χ4v) is 2.19. The zero-order valence-electron chi connectivity index (χ0n) is 10.1. The number of H-pyrrole nitrogens is 1. The van der Waals surface area contributed by atoms with Gasteiger partial charge in [0, 0.05) is 6.20 Å². The van der Waals surface area contributed by atoms with Crippen LogP contribution < -0.4 is 10.4 Å². The van der Waals surface area contributed by atoms with Crippen LogP contribution in [-0.4, -0.2) is 21.6 Å². The number of nitrogens with one attached hydrogen (secondary N) is 1. The van der Waals surface area contributed by atoms with Crippen LogP contribution >= 0.6 is 11.6 Å². The van der Waals surface area contributed by atoms with E-state index in [1.54, 1.807) is 36.1 Å². The quantitative estimate of drug-likeness (QED) is 0.731. The van der Waals surface area contributed by atoms with E-state index in [2.05, 4.69) is 9.97 Å². The molecule has 3 rings (SSSR count). The van der Waals surface area contributed by atoms with E-state index in [1.165, 1.54) is 0 Å². The first-order chi connectivity index (χ1) is 9.20. The molecule has 19 heavy (non-hydrogen) atoms. The SMILES string of the molecule is COc1ccc(-n2c(=O)[nH]c3c(Cl)nccc32)cc1. The van der Waals surface area contributed by atoms with Gasteiger partial charge >= 0.3 is 5.69 Å². The first-order valence-corrected chi connectivity index (χ1v) is 5.98. The highest BCUT2D eigenvalue weighted by atomic mass is 35.5. The number of benzene rings is 1. The standard InChI is InChI=1S/C13H10ClN3O2/c1-19-9-4-2-8(3-5-9)17-10-6-7-15-12(14)11(10)16-13(17)18/h2-7H,1H3,(H,16,18). The lowest BCUT2D eigenvalue weighted by molar-refractivity contribution is 0.414. The van der Waals surface area contributed by atoms with Crippen LogP contribution in [0.4, 0.5) is 0 Å². The van der Waals surface area contributed by atoms with E-state index in [1.807, 2.05) is 12.1 Å². The number of rotatable bonds is 2. The van der Waals surface area contributed by atoms with Crippen LogP contribution in [0.2, 0.25) is 5.15 Å². The van der Waals surface area contributed by atoms with E-state index in [-0.39, 0.29) is 10.8 Å². The van der Waals surface area contributed by atoms with Gasteiger partial charge in [0.25, 0.3) is 0 Å². The molecule has 0 saturated carbocycles. The molecular weight excluding hydrogens is 266 g/mol. The fourth-order valence-electron chi connectivity index (χ4n) is 1.99. The van der Waals surface area contributed by atoms with Gasteiger partial charge in [0.2, 0.25) is 0 Å². The molecular formula is C13H10ClN3O2. The molecule has 0 radical (unpaired) electrons. The van der Waals surface area contributed by atoms with E-state index < -0.39 is 0 Å². The molecule has 2 heterocycles. The summed E-state index contributed by atoms with van der Waals surface area (Å²) in [6.45, 7) is 0. The highest BCUT2D eigenvalue weighted by Crippen LogP contribution is 2.21. The summed E-state index contributed by atoms with van der Waals surface area (Å²) in [6.07, 6.45) is 1.57. The van der Waals surface area contributed by atoms with Crippen molar-refractivity contribution in [3.8, 4) is 11.4 Å². The maximum absolute atomic E-state index is 12.0. The maximum atomic E-state index is 12.0. The summed E-state index contributed by atoms with van der Waals surface area (Å²) in [5, 5.41) is 0.280. The van der Waals surface area contributed by atoms with Gasteiger partial charge in [0.1, 0.15) is 11.3 Å². The van der Waals surface area contributed by atoms with E-state index in [0.29, 0.717) is 11.0 Å². The summed E-state index contributed by atoms with van der Waals surface area (Å²) in [5.41, 5.74) is 1.70. The fraction of sp³-hybridized carbons (Fsp3) is 0.0769. The van der Waals surface area contributed by atoms with E-state index in [4.69, 9.17) is 16.3 Å². The van der Waals surface area contributed by atoms with Gasteiger partial charge in [0.15, 0.2) is 5.15 Å². The highest BCUT2D eigenvalue weighted by molar-refractivity contribution is 6.33. The van der Waals surface area contributed by atoms with Crippen LogP contribution in [0.3, 0.4) is 0 Å². The van der Waals surface area contributed by atoms with Crippen molar-refractivity contribution in [2.75, 3.05) is 7.11 Å². The predicted molar refractivity (Wildman–Crippen MR) is 73.3 cm³/mol. The molecule has 0 fully saturated rings. The number of imidazole rings is 1. The van der Waals surface area contributed by atoms with Crippen LogP contribution in [0.25, 0.3) is 16.7 Å². The Morgan fingerprint density at radius 1 is 1.26 bits per heavy atom. The third kappa shape index (κ3) is 1.88. The first kappa shape index (κ1) is 11.8. The number of hydrogen-bond acceptors (Lipinski definition) is 3. The van der Waals surface area contributed by atoms with Gasteiger partial charge in [-0.05, 0) is 30.3 Å². The number of pyridine rings is 1. The number of fused-ring (bicyclic) bond motifs is 1. The second-order valence-corrected chi connectivity index (χ2v) is 4.32. The molecule has 96 valence electrons. The zero-order chi connectivity index (χ0) is 13.4. The van der Waals surface area contributed by atoms with Crippen molar-refractivity contribution in [3.05, 3.63) is 52.2 Å². The Bertz CT molecular complexity index is 790. The van der Waals surface area contributed by atoms with Crippen LogP contribution in [0.15, 0.2) is 41.3 Å². The first-order valence-electron chi connectivity index (χ1n) is 5.60. The molecule has 0 aliphatic rings. The zero-order valence-corrected chi connectivity index (χ0v) is 10.8. The average Bonchev–Trinajstić information content (AvgIpc) is 2.77. The molecule has 0 unspecified atom stereocenters. The molecule has 2 aromatic heterocycles. The summed E-state index contributed by atoms with van der Waals surface area (Å²) >= 11 is 5.96. The van der Waals surface area contributed by atoms with Crippen LogP contribution in [0, 0.1) is 0 Å². The third-order valence-electron chi connectivity index (χ3n) is 2.89. The number of methoxy groups -OCH3 is 1. The van der Waals surface area contributed by atoms with E-state index in [9.17, 15) is 4.79 Å². The van der Waals surface area contributed by atoms with Crippen molar-refractivity contribution in [2.45, 2.75) is 0 Å². The van der Waals surface area contributed by atoms with Crippen molar-refractivity contribution in [1.29, 1.82) is 0 Å². The van der Waals surface area contributed by atoms with Gasteiger partial charge in [-0.3, -0.25) is 4.57 Å². The van der Waals surface area contributed by atoms with E-state index >= 15 is 0 Å². The Kier molecular flexibility index (Phi) is 2.76. The van der Waals surface area contributed by atoms with Gasteiger partial charge in [0.05, 0.1) is 18.3 Å². The molecule has 6 heteroatoms. The normalized spacial score (nSPS) is 10.8. The molecule has 0 aliphatic heterocycles. The number of ether oxygens (including phenoxy) is 1. The van der Waals surface area contributed by atoms with Gasteiger partial charge in [-0.15, -0.1) is 0 Å². The Morgan fingerprint density at radius 3 is 2.68 bits per heavy atom. The van der Waals surface area contributed by atoms with Gasteiger partial charge in [-0.2, -0.15) is 0 Å². The molecule has 0 saturated heterocycles. The lowest BCUT2D eigenvalue weighted by Crippen LogP contribution is -2.14. The topological polar surface area (TPSA) is 59.9 Å². The summed E-state index contributed by atoms with van der Waals surface area (Å²) < 4.78 is 6.64. The molecule has 0 aliphatic carbocycles. The average molecular weight is 276 g/mol. The second kappa shape index (κ2) is 4.44. The Hall–Kier alpha value is -2.27. The monoisotopic (exact) mass is 275 g/mol. The van der Waals surface area contributed by atoms with Crippen LogP contribution in [0.5, 0.6) is 5.75 Å². The highest BCUT2D eigenvalue weighted by Gasteiger charge is 2.11. The molecule has 0 spiro atoms. The third-order valence-corrected chi connectivity index (χ3v) is 3.18. The number of aromatic nitrogens is 3. The smallest absolute Gasteiger partial charge is 0.331 e. The van der Waals surface area contributed by atoms with Crippen LogP contribution in [0.1, 0.15) is 0 Å². The minimum Gasteiger partial charge on any atom is -0.497 e. The number of aromatic amines is 1. The molecule has 1 aromatic carbocycles. The van der Waals surface area contributed by atoms with Crippen molar-refractivity contribution in [1.82, 2.24) is 14.5 Å². The van der Waals surface area contributed by atoms with Crippen molar-refractivity contribution in [3.63, 3.8) is 0 Å². The second-order valence-electron chi connectivity index (χ2n) is 3.96. The summed E-state index contributed by atoms with van der Waals surface area (Å²) in [4.78, 5) is 18.7. The Labute approximate surface area is 113 Å². The number of nitrogens with zero attached hydrogens (tertiary/aromatic N) is 2. The molecule has 0 bridgehead atoms. The van der Waals surface area contributed by atoms with E-state index in [0.717, 1.165) is 11.4 Å². The summed E-state index contributed by atoms with van der Waals surface area (Å²) in [6, 6.07) is 8.94. The Morgan fingerprint density at radius 2 is 2.00 bits per heavy atom. The van der Waals surface area contributed by atoms with Crippen LogP contribution in [-0.2, 0) is 0 Å². The molecule has 0 atom stereocenters. The van der Waals surface area contributed by atoms with Gasteiger partial charge in [-0.1, -0.05) is 11.6 Å². The largest absolute Gasteiger partial charge is 0.497 e. The summed E-state index contributed by atoms with van der Waals surface area (Å²) in [7, 11) is 1.60. The molecule has 5 nitrogen and oxygen atoms in total. The predicted octanol–water partition coefficient (Wildman–Crippen LogP) is 2.38. The van der Waals surface area contributed by atoms with Gasteiger partial charge in [-0.25, -0.2) is 9.78 Å². The molecule has 3 aromatic rings. The van der Waals surface area contributed by atoms with Crippen molar-refractivity contribution in [2.24, 2.45) is 0 Å². The van der Waals surface area contributed by atoms with Crippen molar-refractivity contribution < 1.29 is 4.74 Å².